The van der Waals surface area contributed by atoms with Crippen LogP contribution in [0, 0.1) is 5.92 Å². The molecule has 1 heterocycles. The van der Waals surface area contributed by atoms with Gasteiger partial charge < -0.3 is 20.1 Å². The van der Waals surface area contributed by atoms with Crippen molar-refractivity contribution in [3.63, 3.8) is 0 Å². The molecule has 0 atom stereocenters. The summed E-state index contributed by atoms with van der Waals surface area (Å²) < 4.78 is 14.1. The standard InChI is InChI=1S/C25H24Br2Cl2N2O2/c26-24-7-20(28)3-1-18(24)14-32-22-5-16(10-30-11-17-12-31-13-17)6-23(9-22)33-15-19-2-4-21(29)8-25(19)27/h1-9,17,30-31H,10-15H2. The van der Waals surface area contributed by atoms with E-state index in [0.717, 1.165) is 63.3 Å². The Bertz CT molecular complexity index is 1040. The van der Waals surface area contributed by atoms with E-state index in [-0.39, 0.29) is 0 Å². The number of nitrogens with one attached hydrogen (secondary N) is 2. The van der Waals surface area contributed by atoms with E-state index in [1.54, 1.807) is 0 Å². The molecule has 0 aromatic heterocycles. The Morgan fingerprint density at radius 3 is 1.82 bits per heavy atom. The van der Waals surface area contributed by atoms with Crippen molar-refractivity contribution in [3.8, 4) is 11.5 Å². The average molecular weight is 615 g/mol. The number of ether oxygens (including phenoxy) is 2. The lowest BCUT2D eigenvalue weighted by molar-refractivity contribution is 0.288. The second-order valence-corrected chi connectivity index (χ2v) is 10.6. The van der Waals surface area contributed by atoms with Crippen LogP contribution < -0.4 is 20.1 Å². The lowest BCUT2D eigenvalue weighted by Gasteiger charge is -2.27. The zero-order valence-corrected chi connectivity index (χ0v) is 22.5. The fourth-order valence-electron chi connectivity index (χ4n) is 3.41. The van der Waals surface area contributed by atoms with E-state index in [1.165, 1.54) is 0 Å². The smallest absolute Gasteiger partial charge is 0.123 e. The molecule has 1 fully saturated rings. The van der Waals surface area contributed by atoms with Crippen LogP contribution >= 0.6 is 55.1 Å². The first-order chi connectivity index (χ1) is 16.0. The van der Waals surface area contributed by atoms with Gasteiger partial charge in [-0.1, -0.05) is 67.2 Å². The molecule has 8 heteroatoms. The summed E-state index contributed by atoms with van der Waals surface area (Å²) in [4.78, 5) is 0. The van der Waals surface area contributed by atoms with Gasteiger partial charge in [0.1, 0.15) is 24.7 Å². The van der Waals surface area contributed by atoms with Crippen LogP contribution in [0.25, 0.3) is 0 Å². The van der Waals surface area contributed by atoms with Crippen LogP contribution in [0.5, 0.6) is 11.5 Å². The van der Waals surface area contributed by atoms with Crippen LogP contribution in [0.3, 0.4) is 0 Å². The van der Waals surface area contributed by atoms with E-state index in [1.807, 2.05) is 42.5 Å². The maximum atomic E-state index is 6.13. The molecule has 1 aliphatic rings. The van der Waals surface area contributed by atoms with Crippen molar-refractivity contribution >= 4 is 55.1 Å². The predicted octanol–water partition coefficient (Wildman–Crippen LogP) is 6.99. The first kappa shape index (κ1) is 24.8. The van der Waals surface area contributed by atoms with Gasteiger partial charge in [-0.25, -0.2) is 0 Å². The van der Waals surface area contributed by atoms with Gasteiger partial charge in [0.15, 0.2) is 0 Å². The van der Waals surface area contributed by atoms with E-state index in [4.69, 9.17) is 32.7 Å². The third kappa shape index (κ3) is 7.35. The largest absolute Gasteiger partial charge is 0.489 e. The SMILES string of the molecule is Clc1ccc(COc2cc(CNCC3CNC3)cc(OCc3ccc(Cl)cc3Br)c2)c(Br)c1. The van der Waals surface area contributed by atoms with Gasteiger partial charge in [0.2, 0.25) is 0 Å². The number of halogens is 4. The molecule has 0 bridgehead atoms. The summed E-state index contributed by atoms with van der Waals surface area (Å²) >= 11 is 19.2. The zero-order valence-electron chi connectivity index (χ0n) is 17.8. The molecular weight excluding hydrogens is 591 g/mol. The van der Waals surface area contributed by atoms with Crippen molar-refractivity contribution in [2.45, 2.75) is 19.8 Å². The Hall–Kier alpha value is -1.28. The molecule has 174 valence electrons. The lowest BCUT2D eigenvalue weighted by atomic mass is 10.0. The molecule has 0 aliphatic carbocycles. The number of benzene rings is 3. The number of hydrogen-bond donors (Lipinski definition) is 2. The van der Waals surface area contributed by atoms with Gasteiger partial charge in [-0.05, 0) is 47.9 Å². The second-order valence-electron chi connectivity index (χ2n) is 8.02. The van der Waals surface area contributed by atoms with Crippen LogP contribution in [0.4, 0.5) is 0 Å². The van der Waals surface area contributed by atoms with Crippen molar-refractivity contribution in [1.82, 2.24) is 10.6 Å². The molecule has 1 saturated heterocycles. The Morgan fingerprint density at radius 1 is 0.818 bits per heavy atom. The molecule has 0 radical (unpaired) electrons. The summed E-state index contributed by atoms with van der Waals surface area (Å²) in [5.41, 5.74) is 3.15. The topological polar surface area (TPSA) is 42.5 Å². The summed E-state index contributed by atoms with van der Waals surface area (Å²) in [7, 11) is 0. The highest BCUT2D eigenvalue weighted by Gasteiger charge is 2.15. The molecule has 1 aliphatic heterocycles. The molecule has 0 unspecified atom stereocenters. The number of rotatable bonds is 10. The van der Waals surface area contributed by atoms with E-state index in [0.29, 0.717) is 29.2 Å². The molecule has 3 aromatic carbocycles. The summed E-state index contributed by atoms with van der Waals surface area (Å²) in [6, 6.07) is 17.4. The maximum Gasteiger partial charge on any atom is 0.123 e. The van der Waals surface area contributed by atoms with Crippen LogP contribution in [-0.2, 0) is 19.8 Å². The quantitative estimate of drug-likeness (QED) is 0.258. The Morgan fingerprint density at radius 2 is 1.36 bits per heavy atom. The molecule has 4 nitrogen and oxygen atoms in total. The van der Waals surface area contributed by atoms with Crippen molar-refractivity contribution in [2.75, 3.05) is 19.6 Å². The Kier molecular flexibility index (Phi) is 8.97. The molecule has 0 amide bonds. The van der Waals surface area contributed by atoms with Gasteiger partial charge in [-0.15, -0.1) is 0 Å². The minimum Gasteiger partial charge on any atom is -0.489 e. The van der Waals surface area contributed by atoms with Gasteiger partial charge in [-0.3, -0.25) is 0 Å². The van der Waals surface area contributed by atoms with E-state index < -0.39 is 0 Å². The average Bonchev–Trinajstić information content (AvgIpc) is 2.74. The molecule has 33 heavy (non-hydrogen) atoms. The molecule has 4 rings (SSSR count). The normalized spacial score (nSPS) is 13.6. The fourth-order valence-corrected chi connectivity index (χ4v) is 5.01. The van der Waals surface area contributed by atoms with Crippen molar-refractivity contribution in [1.29, 1.82) is 0 Å². The van der Waals surface area contributed by atoms with Crippen LogP contribution in [0.1, 0.15) is 16.7 Å². The molecule has 0 saturated carbocycles. The van der Waals surface area contributed by atoms with E-state index in [2.05, 4.69) is 54.6 Å². The highest BCUT2D eigenvalue weighted by atomic mass is 79.9. The fraction of sp³-hybridized carbons (Fsp3) is 0.280. The summed E-state index contributed by atoms with van der Waals surface area (Å²) in [6.07, 6.45) is 0. The van der Waals surface area contributed by atoms with Gasteiger partial charge in [0.05, 0.1) is 0 Å². The minimum absolute atomic E-state index is 0.421. The Balaban J connectivity index is 1.46. The van der Waals surface area contributed by atoms with Crippen LogP contribution in [0.15, 0.2) is 63.5 Å². The monoisotopic (exact) mass is 612 g/mol. The van der Waals surface area contributed by atoms with Gasteiger partial charge in [0.25, 0.3) is 0 Å². The molecule has 0 spiro atoms. The summed E-state index contributed by atoms with van der Waals surface area (Å²) in [5.74, 6) is 2.21. The Labute approximate surface area is 221 Å². The highest BCUT2D eigenvalue weighted by molar-refractivity contribution is 9.10. The third-order valence-corrected chi connectivity index (χ3v) is 7.33. The van der Waals surface area contributed by atoms with Crippen LogP contribution in [0.2, 0.25) is 10.0 Å². The van der Waals surface area contributed by atoms with Crippen molar-refractivity contribution in [2.24, 2.45) is 5.92 Å². The molecular formula is C25H24Br2Cl2N2O2. The van der Waals surface area contributed by atoms with Crippen molar-refractivity contribution < 1.29 is 9.47 Å². The zero-order chi connectivity index (χ0) is 23.2. The summed E-state index contributed by atoms with van der Waals surface area (Å²) in [5, 5.41) is 8.21. The van der Waals surface area contributed by atoms with E-state index in [9.17, 15) is 0 Å². The maximum absolute atomic E-state index is 6.13. The first-order valence-corrected chi connectivity index (χ1v) is 13.0. The van der Waals surface area contributed by atoms with Gasteiger partial charge in [0, 0.05) is 62.4 Å². The van der Waals surface area contributed by atoms with Gasteiger partial charge >= 0.3 is 0 Å². The highest BCUT2D eigenvalue weighted by Crippen LogP contribution is 2.28. The first-order valence-electron chi connectivity index (χ1n) is 10.6. The third-order valence-electron chi connectivity index (χ3n) is 5.39. The minimum atomic E-state index is 0.421. The van der Waals surface area contributed by atoms with Crippen LogP contribution in [-0.4, -0.2) is 19.6 Å². The molecule has 2 N–H and O–H groups in total. The number of hydrogen-bond acceptors (Lipinski definition) is 4. The van der Waals surface area contributed by atoms with E-state index >= 15 is 0 Å². The lowest BCUT2D eigenvalue weighted by Crippen LogP contribution is -2.47. The summed E-state index contributed by atoms with van der Waals surface area (Å²) in [6.45, 7) is 4.74. The molecule has 3 aromatic rings. The van der Waals surface area contributed by atoms with Crippen molar-refractivity contribution in [3.05, 3.63) is 90.3 Å². The predicted molar refractivity (Wildman–Crippen MR) is 141 cm³/mol. The second kappa shape index (κ2) is 11.9. The van der Waals surface area contributed by atoms with Gasteiger partial charge in [-0.2, -0.15) is 0 Å².